The van der Waals surface area contributed by atoms with Crippen LogP contribution in [0.5, 0.6) is 11.5 Å². The van der Waals surface area contributed by atoms with E-state index in [0.717, 1.165) is 10.0 Å². The fraction of sp³-hybridized carbons (Fsp3) is 0.0667. The molecule has 0 radical (unpaired) electrons. The molecule has 7 heteroatoms. The molecule has 2 aromatic carbocycles. The molecule has 1 amide bonds. The summed E-state index contributed by atoms with van der Waals surface area (Å²) in [6.07, 6.45) is 1.47. The number of amides is 1. The average Bonchev–Trinajstić information content (AvgIpc) is 2.50. The predicted octanol–water partition coefficient (Wildman–Crippen LogP) is 3.45. The van der Waals surface area contributed by atoms with Crippen molar-refractivity contribution in [2.75, 3.05) is 6.61 Å². The lowest BCUT2D eigenvalue weighted by atomic mass is 10.2. The number of phenols is 1. The van der Waals surface area contributed by atoms with Gasteiger partial charge in [-0.2, -0.15) is 5.10 Å². The van der Waals surface area contributed by atoms with E-state index in [1.54, 1.807) is 24.3 Å². The van der Waals surface area contributed by atoms with Crippen molar-refractivity contribution in [3.63, 3.8) is 0 Å². The number of halogens is 2. The maximum Gasteiger partial charge on any atom is 0.277 e. The number of hydrazone groups is 1. The summed E-state index contributed by atoms with van der Waals surface area (Å²) < 4.78 is 6.81. The normalized spacial score (nSPS) is 10.6. The van der Waals surface area contributed by atoms with Crippen LogP contribution in [0.15, 0.2) is 56.5 Å². The molecule has 0 spiro atoms. The molecule has 0 fully saturated rings. The third-order valence-electron chi connectivity index (χ3n) is 2.56. The van der Waals surface area contributed by atoms with Gasteiger partial charge in [0.2, 0.25) is 0 Å². The molecular formula is C15H12Br2N2O3. The first kappa shape index (κ1) is 16.5. The van der Waals surface area contributed by atoms with Gasteiger partial charge in [-0.1, -0.05) is 15.9 Å². The SMILES string of the molecule is O=C(COc1ccc(Br)cc1)N/N=C\c1ccc(O)c(Br)c1. The largest absolute Gasteiger partial charge is 0.507 e. The lowest BCUT2D eigenvalue weighted by Crippen LogP contribution is -2.24. The van der Waals surface area contributed by atoms with Gasteiger partial charge in [-0.15, -0.1) is 0 Å². The smallest absolute Gasteiger partial charge is 0.277 e. The molecule has 0 aliphatic rings. The van der Waals surface area contributed by atoms with Gasteiger partial charge in [0.05, 0.1) is 10.7 Å². The number of ether oxygens (including phenoxy) is 1. The molecule has 0 aromatic heterocycles. The lowest BCUT2D eigenvalue weighted by Gasteiger charge is -2.04. The van der Waals surface area contributed by atoms with E-state index in [2.05, 4.69) is 42.4 Å². The number of aromatic hydroxyl groups is 1. The summed E-state index contributed by atoms with van der Waals surface area (Å²) in [6.45, 7) is -0.127. The quantitative estimate of drug-likeness (QED) is 0.567. The molecule has 2 N–H and O–H groups in total. The van der Waals surface area contributed by atoms with Crippen LogP contribution in [-0.2, 0) is 4.79 Å². The Labute approximate surface area is 144 Å². The van der Waals surface area contributed by atoms with Gasteiger partial charge in [-0.25, -0.2) is 5.43 Å². The maximum atomic E-state index is 11.6. The van der Waals surface area contributed by atoms with E-state index in [9.17, 15) is 9.90 Å². The zero-order chi connectivity index (χ0) is 15.9. The Morgan fingerprint density at radius 2 is 1.95 bits per heavy atom. The minimum Gasteiger partial charge on any atom is -0.507 e. The Morgan fingerprint density at radius 3 is 2.64 bits per heavy atom. The summed E-state index contributed by atoms with van der Waals surface area (Å²) >= 11 is 6.52. The van der Waals surface area contributed by atoms with E-state index in [0.29, 0.717) is 10.2 Å². The maximum absolute atomic E-state index is 11.6. The van der Waals surface area contributed by atoms with Crippen LogP contribution in [0.3, 0.4) is 0 Å². The molecule has 0 saturated heterocycles. The van der Waals surface area contributed by atoms with Gasteiger partial charge in [-0.3, -0.25) is 4.79 Å². The highest BCUT2D eigenvalue weighted by Gasteiger charge is 2.01. The highest BCUT2D eigenvalue weighted by molar-refractivity contribution is 9.10. The number of nitrogens with zero attached hydrogens (tertiary/aromatic N) is 1. The van der Waals surface area contributed by atoms with Crippen molar-refractivity contribution in [3.8, 4) is 11.5 Å². The Hall–Kier alpha value is -1.86. The Kier molecular flexibility index (Phi) is 5.97. The van der Waals surface area contributed by atoms with Crippen LogP contribution in [0.2, 0.25) is 0 Å². The van der Waals surface area contributed by atoms with Crippen LogP contribution >= 0.6 is 31.9 Å². The minimum atomic E-state index is -0.364. The molecule has 0 aliphatic carbocycles. The van der Waals surface area contributed by atoms with E-state index in [4.69, 9.17) is 4.74 Å². The highest BCUT2D eigenvalue weighted by Crippen LogP contribution is 2.23. The van der Waals surface area contributed by atoms with Crippen LogP contribution < -0.4 is 10.2 Å². The molecule has 2 aromatic rings. The Morgan fingerprint density at radius 1 is 1.23 bits per heavy atom. The van der Waals surface area contributed by atoms with Gasteiger partial charge in [0.25, 0.3) is 5.91 Å². The number of nitrogens with one attached hydrogen (secondary N) is 1. The zero-order valence-corrected chi connectivity index (χ0v) is 14.5. The molecule has 0 atom stereocenters. The highest BCUT2D eigenvalue weighted by atomic mass is 79.9. The number of hydrogen-bond acceptors (Lipinski definition) is 4. The molecule has 5 nitrogen and oxygen atoms in total. The van der Waals surface area contributed by atoms with E-state index >= 15 is 0 Å². The fourth-order valence-electron chi connectivity index (χ4n) is 1.49. The van der Waals surface area contributed by atoms with Gasteiger partial charge in [0, 0.05) is 4.47 Å². The summed E-state index contributed by atoms with van der Waals surface area (Å²) in [6, 6.07) is 12.1. The van der Waals surface area contributed by atoms with E-state index in [1.807, 2.05) is 12.1 Å². The number of hydrogen-bond donors (Lipinski definition) is 2. The first-order valence-electron chi connectivity index (χ1n) is 6.23. The zero-order valence-electron chi connectivity index (χ0n) is 11.3. The van der Waals surface area contributed by atoms with Crippen molar-refractivity contribution in [2.24, 2.45) is 5.10 Å². The molecular weight excluding hydrogens is 416 g/mol. The molecule has 0 aliphatic heterocycles. The standard InChI is InChI=1S/C15H12Br2N2O3/c16-11-2-4-12(5-3-11)22-9-15(21)19-18-8-10-1-6-14(20)13(17)7-10/h1-8,20H,9H2,(H,19,21)/b18-8-. The molecule has 0 unspecified atom stereocenters. The second-order valence-corrected chi connectivity index (χ2v) is 6.02. The summed E-state index contributed by atoms with van der Waals surface area (Å²) in [4.78, 5) is 11.6. The molecule has 22 heavy (non-hydrogen) atoms. The summed E-state index contributed by atoms with van der Waals surface area (Å²) in [5.74, 6) is 0.380. The van der Waals surface area contributed by atoms with Crippen molar-refractivity contribution < 1.29 is 14.6 Å². The number of carbonyl (C=O) groups is 1. The van der Waals surface area contributed by atoms with Crippen molar-refractivity contribution in [1.29, 1.82) is 0 Å². The first-order chi connectivity index (χ1) is 10.5. The molecule has 0 bridgehead atoms. The van der Waals surface area contributed by atoms with Crippen molar-refractivity contribution >= 4 is 44.0 Å². The van der Waals surface area contributed by atoms with E-state index < -0.39 is 0 Å². The number of rotatable bonds is 5. The summed E-state index contributed by atoms with van der Waals surface area (Å²) in [5.41, 5.74) is 3.10. The number of phenolic OH excluding ortho intramolecular Hbond substituents is 1. The third kappa shape index (κ3) is 5.16. The van der Waals surface area contributed by atoms with Crippen LogP contribution in [0, 0.1) is 0 Å². The summed E-state index contributed by atoms with van der Waals surface area (Å²) in [7, 11) is 0. The minimum absolute atomic E-state index is 0.127. The molecule has 2 rings (SSSR count). The second kappa shape index (κ2) is 7.95. The Balaban J connectivity index is 1.80. The Bertz CT molecular complexity index is 688. The van der Waals surface area contributed by atoms with Crippen LogP contribution in [0.4, 0.5) is 0 Å². The van der Waals surface area contributed by atoms with Crippen molar-refractivity contribution in [3.05, 3.63) is 57.0 Å². The van der Waals surface area contributed by atoms with E-state index in [1.165, 1.54) is 12.3 Å². The lowest BCUT2D eigenvalue weighted by molar-refractivity contribution is -0.123. The predicted molar refractivity (Wildman–Crippen MR) is 91.2 cm³/mol. The average molecular weight is 428 g/mol. The van der Waals surface area contributed by atoms with Gasteiger partial charge < -0.3 is 9.84 Å². The first-order valence-corrected chi connectivity index (χ1v) is 7.82. The number of benzene rings is 2. The van der Waals surface area contributed by atoms with Gasteiger partial charge in [0.1, 0.15) is 11.5 Å². The van der Waals surface area contributed by atoms with Gasteiger partial charge in [0.15, 0.2) is 6.61 Å². The molecule has 114 valence electrons. The topological polar surface area (TPSA) is 70.9 Å². The second-order valence-electron chi connectivity index (χ2n) is 4.25. The fourth-order valence-corrected chi connectivity index (χ4v) is 2.16. The van der Waals surface area contributed by atoms with Crippen LogP contribution in [0.25, 0.3) is 0 Å². The monoisotopic (exact) mass is 426 g/mol. The molecule has 0 heterocycles. The van der Waals surface area contributed by atoms with Gasteiger partial charge >= 0.3 is 0 Å². The van der Waals surface area contributed by atoms with Gasteiger partial charge in [-0.05, 0) is 64.0 Å². The van der Waals surface area contributed by atoms with Crippen LogP contribution in [-0.4, -0.2) is 23.8 Å². The van der Waals surface area contributed by atoms with Crippen molar-refractivity contribution in [2.45, 2.75) is 0 Å². The van der Waals surface area contributed by atoms with Crippen molar-refractivity contribution in [1.82, 2.24) is 5.43 Å². The third-order valence-corrected chi connectivity index (χ3v) is 3.72. The van der Waals surface area contributed by atoms with E-state index in [-0.39, 0.29) is 18.3 Å². The number of carbonyl (C=O) groups excluding carboxylic acids is 1. The van der Waals surface area contributed by atoms with Crippen LogP contribution in [0.1, 0.15) is 5.56 Å². The summed E-state index contributed by atoms with van der Waals surface area (Å²) in [5, 5.41) is 13.2. The molecule has 0 saturated carbocycles.